The Morgan fingerprint density at radius 1 is 1.15 bits per heavy atom. The maximum Gasteiger partial charge on any atom is 0.288 e. The molecule has 1 heterocycles. The van der Waals surface area contributed by atoms with E-state index in [0.717, 1.165) is 67.8 Å². The zero-order valence-electron chi connectivity index (χ0n) is 15.9. The van der Waals surface area contributed by atoms with Gasteiger partial charge in [0, 0.05) is 41.8 Å². The number of hydrogen-bond acceptors (Lipinski definition) is 2. The fourth-order valence-corrected chi connectivity index (χ4v) is 5.38. The first kappa shape index (κ1) is 18.9. The number of fused-ring (bicyclic) bond motifs is 3. The van der Waals surface area contributed by atoms with Gasteiger partial charge in [-0.15, -0.1) is 0 Å². The van der Waals surface area contributed by atoms with Crippen LogP contribution in [0.3, 0.4) is 0 Å². The van der Waals surface area contributed by atoms with E-state index >= 15 is 0 Å². The van der Waals surface area contributed by atoms with Crippen molar-refractivity contribution in [1.82, 2.24) is 9.78 Å². The van der Waals surface area contributed by atoms with Gasteiger partial charge >= 0.3 is 0 Å². The van der Waals surface area contributed by atoms with Gasteiger partial charge in [0.15, 0.2) is 0 Å². The second kappa shape index (κ2) is 6.57. The summed E-state index contributed by atoms with van der Waals surface area (Å²) in [7, 11) is 1.81. The summed E-state index contributed by atoms with van der Waals surface area (Å²) in [5.41, 5.74) is 2.37. The maximum absolute atomic E-state index is 13.7. The molecule has 0 amide bonds. The van der Waals surface area contributed by atoms with Crippen LogP contribution in [0.25, 0.3) is 0 Å². The van der Waals surface area contributed by atoms with Crippen LogP contribution in [-0.2, 0) is 18.4 Å². The van der Waals surface area contributed by atoms with E-state index in [2.05, 4.69) is 38.5 Å². The molecule has 0 spiro atoms. The Kier molecular flexibility index (Phi) is 4.60. The molecule has 3 fully saturated rings. The lowest BCUT2D eigenvalue weighted by Gasteiger charge is -2.53. The van der Waals surface area contributed by atoms with Crippen LogP contribution in [0.4, 0.5) is 14.5 Å². The zero-order valence-corrected chi connectivity index (χ0v) is 17.5. The number of rotatable bonds is 5. The first-order valence-corrected chi connectivity index (χ1v) is 10.4. The van der Waals surface area contributed by atoms with Crippen LogP contribution in [0.1, 0.15) is 56.8 Å². The molecule has 2 aromatic rings. The standard InChI is InChI=1S/C21H26BrF2N3/c1-19(23,24)17-13-18(27(2)26-17)21-9-6-20(7-10-21,8-11-21)14-25-16-5-3-4-15(22)12-16/h3-5,12-13,25H,6-11,14H2,1-2H3. The molecule has 0 atom stereocenters. The molecule has 3 aliphatic rings. The van der Waals surface area contributed by atoms with E-state index in [1.165, 1.54) is 0 Å². The van der Waals surface area contributed by atoms with E-state index in [9.17, 15) is 8.78 Å². The largest absolute Gasteiger partial charge is 0.384 e. The Hall–Kier alpha value is -1.43. The normalized spacial score (nSPS) is 27.7. The van der Waals surface area contributed by atoms with Crippen molar-refractivity contribution in [3.05, 3.63) is 46.2 Å². The Labute approximate surface area is 167 Å². The second-order valence-corrected chi connectivity index (χ2v) is 9.49. The molecule has 5 rings (SSSR count). The average molecular weight is 438 g/mol. The number of alkyl halides is 2. The monoisotopic (exact) mass is 437 g/mol. The van der Waals surface area contributed by atoms with Crippen molar-refractivity contribution >= 4 is 21.6 Å². The summed E-state index contributed by atoms with van der Waals surface area (Å²) >= 11 is 3.52. The van der Waals surface area contributed by atoms with Crippen molar-refractivity contribution in [2.75, 3.05) is 11.9 Å². The predicted molar refractivity (Wildman–Crippen MR) is 107 cm³/mol. The van der Waals surface area contributed by atoms with Gasteiger partial charge in [-0.1, -0.05) is 22.0 Å². The molecule has 27 heavy (non-hydrogen) atoms. The van der Waals surface area contributed by atoms with Crippen LogP contribution in [0, 0.1) is 5.41 Å². The Bertz CT molecular complexity index is 816. The van der Waals surface area contributed by atoms with Gasteiger partial charge in [0.05, 0.1) is 0 Å². The van der Waals surface area contributed by atoms with Crippen LogP contribution < -0.4 is 5.32 Å². The summed E-state index contributed by atoms with van der Waals surface area (Å²) < 4.78 is 30.2. The Balaban J connectivity index is 1.47. The highest BCUT2D eigenvalue weighted by Gasteiger charge is 2.50. The minimum absolute atomic E-state index is 0.0166. The maximum atomic E-state index is 13.7. The van der Waals surface area contributed by atoms with E-state index < -0.39 is 5.92 Å². The Morgan fingerprint density at radius 3 is 2.37 bits per heavy atom. The fraction of sp³-hybridized carbons (Fsp3) is 0.571. The van der Waals surface area contributed by atoms with E-state index in [1.54, 1.807) is 10.7 Å². The molecular weight excluding hydrogens is 412 g/mol. The second-order valence-electron chi connectivity index (χ2n) is 8.57. The number of anilines is 1. The van der Waals surface area contributed by atoms with Crippen molar-refractivity contribution < 1.29 is 8.78 Å². The van der Waals surface area contributed by atoms with Crippen LogP contribution in [0.15, 0.2) is 34.8 Å². The van der Waals surface area contributed by atoms with E-state index in [1.807, 2.05) is 19.2 Å². The van der Waals surface area contributed by atoms with Crippen LogP contribution in [0.2, 0.25) is 0 Å². The van der Waals surface area contributed by atoms with Crippen molar-refractivity contribution in [2.24, 2.45) is 12.5 Å². The molecule has 3 saturated carbocycles. The highest BCUT2D eigenvalue weighted by molar-refractivity contribution is 9.10. The van der Waals surface area contributed by atoms with Gasteiger partial charge < -0.3 is 5.32 Å². The summed E-state index contributed by atoms with van der Waals surface area (Å²) in [5, 5.41) is 7.73. The molecule has 146 valence electrons. The van der Waals surface area contributed by atoms with Crippen LogP contribution in [0.5, 0.6) is 0 Å². The van der Waals surface area contributed by atoms with E-state index in [4.69, 9.17) is 0 Å². The fourth-order valence-electron chi connectivity index (χ4n) is 4.98. The Morgan fingerprint density at radius 2 is 1.81 bits per heavy atom. The summed E-state index contributed by atoms with van der Waals surface area (Å²) in [4.78, 5) is 0. The van der Waals surface area contributed by atoms with Crippen LogP contribution >= 0.6 is 15.9 Å². The molecule has 0 radical (unpaired) electrons. The predicted octanol–water partition coefficient (Wildman–Crippen LogP) is 6.00. The number of halogens is 3. The smallest absolute Gasteiger partial charge is 0.288 e. The minimum atomic E-state index is -2.88. The third-order valence-corrected chi connectivity index (χ3v) is 7.26. The third kappa shape index (κ3) is 3.53. The first-order valence-electron chi connectivity index (χ1n) is 9.64. The SMILES string of the molecule is Cn1nc(C(C)(F)F)cc1C12CCC(CNc3cccc(Br)c3)(CC1)CC2. The summed E-state index contributed by atoms with van der Waals surface area (Å²) in [6.07, 6.45) is 6.58. The van der Waals surface area contributed by atoms with Gasteiger partial charge in [-0.2, -0.15) is 13.9 Å². The van der Waals surface area contributed by atoms with Crippen molar-refractivity contribution in [3.8, 4) is 0 Å². The molecule has 1 aromatic carbocycles. The van der Waals surface area contributed by atoms with Gasteiger partial charge in [0.25, 0.3) is 5.92 Å². The number of aryl methyl sites for hydroxylation is 1. The molecule has 0 aliphatic heterocycles. The molecule has 0 saturated heterocycles. The molecular formula is C21H26BrF2N3. The van der Waals surface area contributed by atoms with E-state index in [-0.39, 0.29) is 11.1 Å². The van der Waals surface area contributed by atoms with Crippen LogP contribution in [-0.4, -0.2) is 16.3 Å². The molecule has 6 heteroatoms. The lowest BCUT2D eigenvalue weighted by molar-refractivity contribution is 0.0122. The lowest BCUT2D eigenvalue weighted by atomic mass is 9.52. The molecule has 2 bridgehead atoms. The number of nitrogens with one attached hydrogen (secondary N) is 1. The molecule has 1 aromatic heterocycles. The lowest BCUT2D eigenvalue weighted by Crippen LogP contribution is -2.47. The van der Waals surface area contributed by atoms with Gasteiger partial charge in [-0.05, 0) is 68.2 Å². The average Bonchev–Trinajstić information content (AvgIpc) is 3.05. The highest BCUT2D eigenvalue weighted by Crippen LogP contribution is 2.57. The topological polar surface area (TPSA) is 29.9 Å². The number of benzene rings is 1. The van der Waals surface area contributed by atoms with Crippen molar-refractivity contribution in [2.45, 2.75) is 56.8 Å². The molecule has 0 unspecified atom stereocenters. The van der Waals surface area contributed by atoms with Crippen molar-refractivity contribution in [3.63, 3.8) is 0 Å². The van der Waals surface area contributed by atoms with Gasteiger partial charge in [0.1, 0.15) is 5.69 Å². The first-order chi connectivity index (χ1) is 12.7. The third-order valence-electron chi connectivity index (χ3n) is 6.77. The number of hydrogen-bond donors (Lipinski definition) is 1. The minimum Gasteiger partial charge on any atom is -0.384 e. The molecule has 1 N–H and O–H groups in total. The van der Waals surface area contributed by atoms with Gasteiger partial charge in [-0.25, -0.2) is 0 Å². The highest BCUT2D eigenvalue weighted by atomic mass is 79.9. The molecule has 3 nitrogen and oxygen atoms in total. The van der Waals surface area contributed by atoms with Gasteiger partial charge in [-0.3, -0.25) is 4.68 Å². The summed E-state index contributed by atoms with van der Waals surface area (Å²) in [5.74, 6) is -2.88. The van der Waals surface area contributed by atoms with E-state index in [0.29, 0.717) is 5.41 Å². The van der Waals surface area contributed by atoms with Crippen molar-refractivity contribution in [1.29, 1.82) is 0 Å². The zero-order chi connectivity index (χ0) is 19.3. The van der Waals surface area contributed by atoms with Gasteiger partial charge in [0.2, 0.25) is 0 Å². The number of nitrogens with zero attached hydrogens (tertiary/aromatic N) is 2. The summed E-state index contributed by atoms with van der Waals surface area (Å²) in [6, 6.07) is 9.92. The molecule has 3 aliphatic carbocycles. The quantitative estimate of drug-likeness (QED) is 0.621. The number of aromatic nitrogens is 2. The summed E-state index contributed by atoms with van der Waals surface area (Å²) in [6.45, 7) is 1.90.